The fraction of sp³-hybridized carbons (Fsp3) is 0.133. The van der Waals surface area contributed by atoms with E-state index in [0.29, 0.717) is 5.56 Å². The number of carboxylic acid groups (broad SMARTS) is 1. The molecule has 21 heavy (non-hydrogen) atoms. The van der Waals surface area contributed by atoms with Gasteiger partial charge in [0.25, 0.3) is 0 Å². The van der Waals surface area contributed by atoms with Crippen LogP contribution in [0.25, 0.3) is 0 Å². The molecule has 0 aromatic heterocycles. The molecule has 0 radical (unpaired) electrons. The Hall–Kier alpha value is -2.50. The van der Waals surface area contributed by atoms with Crippen molar-refractivity contribution < 1.29 is 27.8 Å². The van der Waals surface area contributed by atoms with Gasteiger partial charge in [0.2, 0.25) is 0 Å². The van der Waals surface area contributed by atoms with Crippen molar-refractivity contribution in [2.75, 3.05) is 0 Å². The quantitative estimate of drug-likeness (QED) is 0.906. The Morgan fingerprint density at radius 1 is 1.10 bits per heavy atom. The molecular weight excluding hydrogens is 285 g/mol. The van der Waals surface area contributed by atoms with E-state index in [0.717, 1.165) is 24.3 Å². The van der Waals surface area contributed by atoms with Gasteiger partial charge in [0.1, 0.15) is 17.1 Å². The van der Waals surface area contributed by atoms with Gasteiger partial charge in [-0.15, -0.1) is 0 Å². The highest BCUT2D eigenvalue weighted by Gasteiger charge is 2.30. The van der Waals surface area contributed by atoms with Gasteiger partial charge in [-0.1, -0.05) is 12.1 Å². The molecule has 0 heterocycles. The number of alkyl halides is 3. The molecule has 2 rings (SSSR count). The predicted molar refractivity (Wildman–Crippen MR) is 69.7 cm³/mol. The van der Waals surface area contributed by atoms with Crippen LogP contribution < -0.4 is 4.74 Å². The second kappa shape index (κ2) is 5.47. The monoisotopic (exact) mass is 296 g/mol. The Morgan fingerprint density at radius 2 is 1.71 bits per heavy atom. The van der Waals surface area contributed by atoms with E-state index in [1.54, 1.807) is 19.1 Å². The van der Waals surface area contributed by atoms with E-state index in [2.05, 4.69) is 0 Å². The predicted octanol–water partition coefficient (Wildman–Crippen LogP) is 4.50. The number of carbonyl (C=O) groups is 1. The van der Waals surface area contributed by atoms with Crippen LogP contribution in [0, 0.1) is 6.92 Å². The minimum atomic E-state index is -4.42. The molecule has 0 unspecified atom stereocenters. The van der Waals surface area contributed by atoms with Crippen molar-refractivity contribution in [1.29, 1.82) is 0 Å². The average molecular weight is 296 g/mol. The van der Waals surface area contributed by atoms with Gasteiger partial charge in [-0.05, 0) is 42.8 Å². The van der Waals surface area contributed by atoms with Crippen molar-refractivity contribution in [3.05, 3.63) is 59.2 Å². The Morgan fingerprint density at radius 3 is 2.24 bits per heavy atom. The van der Waals surface area contributed by atoms with Crippen molar-refractivity contribution in [1.82, 2.24) is 0 Å². The van der Waals surface area contributed by atoms with Gasteiger partial charge < -0.3 is 9.84 Å². The second-order valence-corrected chi connectivity index (χ2v) is 4.38. The van der Waals surface area contributed by atoms with Gasteiger partial charge in [0.05, 0.1) is 5.56 Å². The van der Waals surface area contributed by atoms with Gasteiger partial charge in [-0.2, -0.15) is 13.2 Å². The molecule has 6 heteroatoms. The number of benzene rings is 2. The lowest BCUT2D eigenvalue weighted by molar-refractivity contribution is -0.137. The van der Waals surface area contributed by atoms with Crippen LogP contribution in [-0.2, 0) is 6.18 Å². The molecule has 0 spiro atoms. The van der Waals surface area contributed by atoms with Crippen molar-refractivity contribution >= 4 is 5.97 Å². The normalized spacial score (nSPS) is 11.2. The van der Waals surface area contributed by atoms with Crippen LogP contribution in [0.5, 0.6) is 11.5 Å². The highest BCUT2D eigenvalue weighted by atomic mass is 19.4. The molecule has 0 bridgehead atoms. The third-order valence-corrected chi connectivity index (χ3v) is 2.84. The second-order valence-electron chi connectivity index (χ2n) is 4.38. The molecule has 0 fully saturated rings. The summed E-state index contributed by atoms with van der Waals surface area (Å²) in [6.45, 7) is 1.66. The van der Waals surface area contributed by atoms with Gasteiger partial charge >= 0.3 is 12.1 Å². The van der Waals surface area contributed by atoms with E-state index < -0.39 is 17.7 Å². The fourth-order valence-electron chi connectivity index (χ4n) is 1.79. The standard InChI is InChI=1S/C15H11F3O3/c1-9-3-2-4-12(14(19)20)13(9)21-11-7-5-10(6-8-11)15(16,17)18/h2-8H,1H3,(H,19,20). The molecule has 0 aliphatic carbocycles. The maximum Gasteiger partial charge on any atom is 0.416 e. The van der Waals surface area contributed by atoms with Crippen LogP contribution in [-0.4, -0.2) is 11.1 Å². The first kappa shape index (κ1) is 14.9. The Balaban J connectivity index is 2.33. The number of para-hydroxylation sites is 1. The van der Waals surface area contributed by atoms with Crippen LogP contribution in [0.1, 0.15) is 21.5 Å². The van der Waals surface area contributed by atoms with Crippen LogP contribution in [0.15, 0.2) is 42.5 Å². The minimum Gasteiger partial charge on any atom is -0.478 e. The van der Waals surface area contributed by atoms with Crippen LogP contribution in [0.2, 0.25) is 0 Å². The van der Waals surface area contributed by atoms with Gasteiger partial charge in [-0.3, -0.25) is 0 Å². The molecule has 2 aromatic carbocycles. The molecular formula is C15H11F3O3. The third kappa shape index (κ3) is 3.34. The highest BCUT2D eigenvalue weighted by molar-refractivity contribution is 5.91. The number of ether oxygens (including phenoxy) is 1. The SMILES string of the molecule is Cc1cccc(C(=O)O)c1Oc1ccc(C(F)(F)F)cc1. The summed E-state index contributed by atoms with van der Waals surface area (Å²) in [5.74, 6) is -0.912. The zero-order chi connectivity index (χ0) is 15.6. The number of hydrogen-bond acceptors (Lipinski definition) is 2. The summed E-state index contributed by atoms with van der Waals surface area (Å²) in [7, 11) is 0. The Bertz CT molecular complexity index is 661. The van der Waals surface area contributed by atoms with Crippen LogP contribution in [0.3, 0.4) is 0 Å². The van der Waals surface area contributed by atoms with E-state index in [1.165, 1.54) is 6.07 Å². The Labute approximate surface area is 118 Å². The smallest absolute Gasteiger partial charge is 0.416 e. The summed E-state index contributed by atoms with van der Waals surface area (Å²) in [5.41, 5.74) is -0.261. The molecule has 0 atom stereocenters. The molecule has 2 aromatic rings. The van der Waals surface area contributed by atoms with Crippen LogP contribution >= 0.6 is 0 Å². The molecule has 0 aliphatic rings. The number of rotatable bonds is 3. The topological polar surface area (TPSA) is 46.5 Å². The lowest BCUT2D eigenvalue weighted by atomic mass is 10.1. The fourth-order valence-corrected chi connectivity index (χ4v) is 1.79. The summed E-state index contributed by atoms with van der Waals surface area (Å²) in [6, 6.07) is 8.67. The summed E-state index contributed by atoms with van der Waals surface area (Å²) in [4.78, 5) is 11.1. The van der Waals surface area contributed by atoms with E-state index >= 15 is 0 Å². The summed E-state index contributed by atoms with van der Waals surface area (Å²) in [5, 5.41) is 9.09. The third-order valence-electron chi connectivity index (χ3n) is 2.84. The molecule has 0 saturated carbocycles. The van der Waals surface area contributed by atoms with E-state index in [9.17, 15) is 18.0 Å². The molecule has 0 saturated heterocycles. The van der Waals surface area contributed by atoms with E-state index in [1.807, 2.05) is 0 Å². The minimum absolute atomic E-state index is 0.0464. The van der Waals surface area contributed by atoms with Gasteiger partial charge in [-0.25, -0.2) is 4.79 Å². The summed E-state index contributed by atoms with van der Waals surface area (Å²) >= 11 is 0. The largest absolute Gasteiger partial charge is 0.478 e. The molecule has 3 nitrogen and oxygen atoms in total. The van der Waals surface area contributed by atoms with Crippen molar-refractivity contribution in [2.45, 2.75) is 13.1 Å². The number of aromatic carboxylic acids is 1. The number of aryl methyl sites for hydroxylation is 1. The number of carboxylic acids is 1. The summed E-state index contributed by atoms with van der Waals surface area (Å²) in [6.07, 6.45) is -4.42. The molecule has 1 N–H and O–H groups in total. The van der Waals surface area contributed by atoms with E-state index in [-0.39, 0.29) is 17.1 Å². The zero-order valence-electron chi connectivity index (χ0n) is 10.9. The van der Waals surface area contributed by atoms with Crippen molar-refractivity contribution in [2.24, 2.45) is 0 Å². The maximum atomic E-state index is 12.5. The lowest BCUT2D eigenvalue weighted by Crippen LogP contribution is -2.04. The first-order chi connectivity index (χ1) is 9.79. The molecule has 0 amide bonds. The zero-order valence-corrected chi connectivity index (χ0v) is 10.9. The highest BCUT2D eigenvalue weighted by Crippen LogP contribution is 2.33. The van der Waals surface area contributed by atoms with Crippen molar-refractivity contribution in [3.8, 4) is 11.5 Å². The first-order valence-corrected chi connectivity index (χ1v) is 5.97. The Kier molecular flexibility index (Phi) is 3.88. The number of halogens is 3. The first-order valence-electron chi connectivity index (χ1n) is 5.97. The maximum absolute atomic E-state index is 12.5. The van der Waals surface area contributed by atoms with E-state index in [4.69, 9.17) is 9.84 Å². The number of hydrogen-bond donors (Lipinski definition) is 1. The molecule has 110 valence electrons. The van der Waals surface area contributed by atoms with Gasteiger partial charge in [0, 0.05) is 0 Å². The van der Waals surface area contributed by atoms with Crippen molar-refractivity contribution in [3.63, 3.8) is 0 Å². The van der Waals surface area contributed by atoms with Gasteiger partial charge in [0.15, 0.2) is 0 Å². The average Bonchev–Trinajstić information content (AvgIpc) is 2.40. The summed E-state index contributed by atoms with van der Waals surface area (Å²) < 4.78 is 42.8. The van der Waals surface area contributed by atoms with Crippen LogP contribution in [0.4, 0.5) is 13.2 Å². The molecule has 0 aliphatic heterocycles. The lowest BCUT2D eigenvalue weighted by Gasteiger charge is -2.12.